The first kappa shape index (κ1) is 13.6. The molecule has 7 heteroatoms. The Morgan fingerprint density at radius 3 is 2.53 bits per heavy atom. The monoisotopic (exact) mass is 269 g/mol. The SMILES string of the molecule is CC1CCN(C(=O)NCC(=O)NC2CC2)C1C(=O)O. The number of aliphatic carboxylic acids is 1. The van der Waals surface area contributed by atoms with Crippen molar-refractivity contribution < 1.29 is 19.5 Å². The Morgan fingerprint density at radius 2 is 1.95 bits per heavy atom. The van der Waals surface area contributed by atoms with E-state index < -0.39 is 18.0 Å². The predicted molar refractivity (Wildman–Crippen MR) is 66.5 cm³/mol. The van der Waals surface area contributed by atoms with Crippen molar-refractivity contribution in [2.45, 2.75) is 38.3 Å². The molecule has 7 nitrogen and oxygen atoms in total. The number of carboxylic acids is 1. The molecule has 2 fully saturated rings. The Morgan fingerprint density at radius 1 is 1.26 bits per heavy atom. The maximum atomic E-state index is 11.9. The first-order valence-electron chi connectivity index (χ1n) is 6.55. The van der Waals surface area contributed by atoms with Gasteiger partial charge in [-0.2, -0.15) is 0 Å². The lowest BCUT2D eigenvalue weighted by molar-refractivity contribution is -0.142. The van der Waals surface area contributed by atoms with E-state index in [0.717, 1.165) is 12.8 Å². The van der Waals surface area contributed by atoms with Crippen LogP contribution in [-0.2, 0) is 9.59 Å². The van der Waals surface area contributed by atoms with Crippen LogP contribution in [0, 0.1) is 5.92 Å². The van der Waals surface area contributed by atoms with Crippen molar-refractivity contribution in [1.29, 1.82) is 0 Å². The zero-order chi connectivity index (χ0) is 14.0. The van der Waals surface area contributed by atoms with E-state index in [2.05, 4.69) is 10.6 Å². The fraction of sp³-hybridized carbons (Fsp3) is 0.750. The Labute approximate surface area is 111 Å². The van der Waals surface area contributed by atoms with E-state index >= 15 is 0 Å². The van der Waals surface area contributed by atoms with Gasteiger partial charge < -0.3 is 20.6 Å². The number of likely N-dealkylation sites (tertiary alicyclic amines) is 1. The summed E-state index contributed by atoms with van der Waals surface area (Å²) in [7, 11) is 0. The molecule has 1 aliphatic heterocycles. The summed E-state index contributed by atoms with van der Waals surface area (Å²) in [6, 6.07) is -1.03. The molecule has 1 saturated heterocycles. The molecule has 2 atom stereocenters. The number of urea groups is 1. The van der Waals surface area contributed by atoms with Crippen LogP contribution in [0.5, 0.6) is 0 Å². The third kappa shape index (κ3) is 3.36. The van der Waals surface area contributed by atoms with Gasteiger partial charge >= 0.3 is 12.0 Å². The van der Waals surface area contributed by atoms with E-state index in [1.807, 2.05) is 6.92 Å². The number of amides is 3. The lowest BCUT2D eigenvalue weighted by Crippen LogP contribution is -2.49. The normalized spacial score (nSPS) is 26.1. The largest absolute Gasteiger partial charge is 0.480 e. The number of hydrogen-bond donors (Lipinski definition) is 3. The van der Waals surface area contributed by atoms with Crippen molar-refractivity contribution in [3.63, 3.8) is 0 Å². The van der Waals surface area contributed by atoms with E-state index in [9.17, 15) is 14.4 Å². The van der Waals surface area contributed by atoms with Gasteiger partial charge in [-0.05, 0) is 25.2 Å². The van der Waals surface area contributed by atoms with E-state index in [0.29, 0.717) is 13.0 Å². The molecule has 1 aliphatic carbocycles. The van der Waals surface area contributed by atoms with Gasteiger partial charge in [0.15, 0.2) is 0 Å². The van der Waals surface area contributed by atoms with Crippen molar-refractivity contribution in [3.8, 4) is 0 Å². The first-order chi connectivity index (χ1) is 8.99. The number of carbonyl (C=O) groups excluding carboxylic acids is 2. The first-order valence-corrected chi connectivity index (χ1v) is 6.55. The molecule has 0 spiro atoms. The number of carbonyl (C=O) groups is 3. The van der Waals surface area contributed by atoms with Gasteiger partial charge in [-0.15, -0.1) is 0 Å². The van der Waals surface area contributed by atoms with Crippen molar-refractivity contribution in [2.75, 3.05) is 13.1 Å². The van der Waals surface area contributed by atoms with Crippen LogP contribution < -0.4 is 10.6 Å². The molecule has 1 saturated carbocycles. The lowest BCUT2D eigenvalue weighted by atomic mass is 10.0. The number of carboxylic acid groups (broad SMARTS) is 1. The third-order valence-corrected chi connectivity index (χ3v) is 3.56. The highest BCUT2D eigenvalue weighted by molar-refractivity contribution is 5.87. The lowest BCUT2D eigenvalue weighted by Gasteiger charge is -2.23. The van der Waals surface area contributed by atoms with E-state index in [1.54, 1.807) is 0 Å². The van der Waals surface area contributed by atoms with Gasteiger partial charge in [0.05, 0.1) is 6.54 Å². The zero-order valence-corrected chi connectivity index (χ0v) is 10.9. The van der Waals surface area contributed by atoms with Crippen molar-refractivity contribution in [1.82, 2.24) is 15.5 Å². The second-order valence-corrected chi connectivity index (χ2v) is 5.24. The molecule has 0 aromatic heterocycles. The van der Waals surface area contributed by atoms with Crippen LogP contribution in [0.4, 0.5) is 4.79 Å². The molecule has 2 rings (SSSR count). The Hall–Kier alpha value is -1.79. The third-order valence-electron chi connectivity index (χ3n) is 3.56. The van der Waals surface area contributed by atoms with E-state index in [4.69, 9.17) is 5.11 Å². The minimum absolute atomic E-state index is 0.0662. The molecule has 0 radical (unpaired) electrons. The number of hydrogen-bond acceptors (Lipinski definition) is 3. The molecule has 0 aromatic carbocycles. The number of nitrogens with one attached hydrogen (secondary N) is 2. The Kier molecular flexibility index (Phi) is 3.92. The van der Waals surface area contributed by atoms with Gasteiger partial charge in [0.2, 0.25) is 5.91 Å². The van der Waals surface area contributed by atoms with Gasteiger partial charge in [-0.3, -0.25) is 4.79 Å². The number of rotatable bonds is 4. The minimum Gasteiger partial charge on any atom is -0.480 e. The number of nitrogens with zero attached hydrogens (tertiary/aromatic N) is 1. The summed E-state index contributed by atoms with van der Waals surface area (Å²) in [5, 5.41) is 14.3. The van der Waals surface area contributed by atoms with Gasteiger partial charge in [0.25, 0.3) is 0 Å². The maximum Gasteiger partial charge on any atom is 0.326 e. The van der Waals surface area contributed by atoms with Crippen LogP contribution in [0.2, 0.25) is 0 Å². The molecule has 0 aromatic rings. The maximum absolute atomic E-state index is 11.9. The molecule has 106 valence electrons. The summed E-state index contributed by atoms with van der Waals surface area (Å²) in [6.07, 6.45) is 2.65. The molecule has 19 heavy (non-hydrogen) atoms. The van der Waals surface area contributed by atoms with E-state index in [1.165, 1.54) is 4.90 Å². The van der Waals surface area contributed by atoms with E-state index in [-0.39, 0.29) is 24.4 Å². The average molecular weight is 269 g/mol. The highest BCUT2D eigenvalue weighted by Gasteiger charge is 2.39. The summed E-state index contributed by atoms with van der Waals surface area (Å²) < 4.78 is 0. The molecule has 2 aliphatic rings. The quantitative estimate of drug-likeness (QED) is 0.656. The summed E-state index contributed by atoms with van der Waals surface area (Å²) in [5.41, 5.74) is 0. The molecule has 3 amide bonds. The average Bonchev–Trinajstić information content (AvgIpc) is 3.06. The summed E-state index contributed by atoms with van der Waals surface area (Å²) in [4.78, 5) is 35.7. The summed E-state index contributed by atoms with van der Waals surface area (Å²) in [6.45, 7) is 2.12. The topological polar surface area (TPSA) is 98.7 Å². The smallest absolute Gasteiger partial charge is 0.326 e. The fourth-order valence-electron chi connectivity index (χ4n) is 2.32. The molecular weight excluding hydrogens is 250 g/mol. The highest BCUT2D eigenvalue weighted by atomic mass is 16.4. The van der Waals surface area contributed by atoms with Gasteiger partial charge in [-0.25, -0.2) is 9.59 Å². The van der Waals surface area contributed by atoms with Crippen molar-refractivity contribution >= 4 is 17.9 Å². The van der Waals surface area contributed by atoms with Crippen LogP contribution in [0.1, 0.15) is 26.2 Å². The highest BCUT2D eigenvalue weighted by Crippen LogP contribution is 2.24. The Balaban J connectivity index is 1.81. The van der Waals surface area contributed by atoms with Gasteiger partial charge in [-0.1, -0.05) is 6.92 Å². The van der Waals surface area contributed by atoms with Crippen LogP contribution in [0.15, 0.2) is 0 Å². The van der Waals surface area contributed by atoms with Crippen molar-refractivity contribution in [3.05, 3.63) is 0 Å². The second-order valence-electron chi connectivity index (χ2n) is 5.24. The van der Waals surface area contributed by atoms with Crippen LogP contribution >= 0.6 is 0 Å². The summed E-state index contributed by atoms with van der Waals surface area (Å²) in [5.74, 6) is -1.29. The molecule has 1 heterocycles. The standard InChI is InChI=1S/C12H19N3O4/c1-7-4-5-15(10(7)11(17)18)12(19)13-6-9(16)14-8-2-3-8/h7-8,10H,2-6H2,1H3,(H,13,19)(H,14,16)(H,17,18). The zero-order valence-electron chi connectivity index (χ0n) is 10.9. The van der Waals surface area contributed by atoms with Crippen LogP contribution in [-0.4, -0.2) is 53.1 Å². The van der Waals surface area contributed by atoms with Crippen molar-refractivity contribution in [2.24, 2.45) is 5.92 Å². The minimum atomic E-state index is -0.998. The molecular formula is C12H19N3O4. The second kappa shape index (κ2) is 5.46. The van der Waals surface area contributed by atoms with Gasteiger partial charge in [0.1, 0.15) is 6.04 Å². The predicted octanol–water partition coefficient (Wildman–Crippen LogP) is -0.230. The fourth-order valence-corrected chi connectivity index (χ4v) is 2.32. The van der Waals surface area contributed by atoms with Crippen LogP contribution in [0.3, 0.4) is 0 Å². The molecule has 2 unspecified atom stereocenters. The van der Waals surface area contributed by atoms with Crippen LogP contribution in [0.25, 0.3) is 0 Å². The molecule has 3 N–H and O–H groups in total. The van der Waals surface area contributed by atoms with Gasteiger partial charge in [0, 0.05) is 12.6 Å². The Bertz CT molecular complexity index is 394. The summed E-state index contributed by atoms with van der Waals surface area (Å²) >= 11 is 0. The molecule has 0 bridgehead atoms.